The number of ether oxygens (including phenoxy) is 1. The molecule has 3 aromatic carbocycles. The minimum atomic E-state index is -1.82. The van der Waals surface area contributed by atoms with Gasteiger partial charge in [0.25, 0.3) is 5.91 Å². The van der Waals surface area contributed by atoms with Gasteiger partial charge < -0.3 is 19.8 Å². The van der Waals surface area contributed by atoms with Gasteiger partial charge in [-0.3, -0.25) is 9.69 Å². The third kappa shape index (κ3) is 7.05. The third-order valence-electron chi connectivity index (χ3n) is 5.65. The van der Waals surface area contributed by atoms with E-state index in [9.17, 15) is 4.79 Å². The van der Waals surface area contributed by atoms with Crippen LogP contribution in [0.2, 0.25) is 0 Å². The molecule has 0 aliphatic carbocycles. The molecule has 0 saturated carbocycles. The Bertz CT molecular complexity index is 1140. The van der Waals surface area contributed by atoms with Crippen LogP contribution < -0.4 is 4.74 Å². The number of benzene rings is 3. The highest BCUT2D eigenvalue weighted by Gasteiger charge is 2.21. The highest BCUT2D eigenvalue weighted by Crippen LogP contribution is 2.20. The van der Waals surface area contributed by atoms with Crippen LogP contribution in [0.4, 0.5) is 0 Å². The lowest BCUT2D eigenvalue weighted by Crippen LogP contribution is -2.49. The molecule has 3 aromatic rings. The van der Waals surface area contributed by atoms with Crippen molar-refractivity contribution in [1.29, 1.82) is 0 Å². The summed E-state index contributed by atoms with van der Waals surface area (Å²) in [6.45, 7) is 6.50. The van der Waals surface area contributed by atoms with Gasteiger partial charge in [-0.05, 0) is 41.0 Å². The van der Waals surface area contributed by atoms with Gasteiger partial charge in [0, 0.05) is 32.7 Å². The third-order valence-corrected chi connectivity index (χ3v) is 5.65. The molecule has 178 valence electrons. The van der Waals surface area contributed by atoms with Gasteiger partial charge in [-0.15, -0.1) is 0 Å². The molecule has 1 amide bonds. The Kier molecular flexibility index (Phi) is 8.59. The molecule has 0 bridgehead atoms. The Morgan fingerprint density at radius 3 is 2.09 bits per heavy atom. The Hall–Kier alpha value is -3.91. The molecule has 1 saturated heterocycles. The maximum atomic E-state index is 12.5. The monoisotopic (exact) mass is 464 g/mol. The smallest absolute Gasteiger partial charge is 0.414 e. The fraction of sp³-hybridized carbons (Fsp3) is 0.269. The number of fused-ring (bicyclic) bond motifs is 1. The van der Waals surface area contributed by atoms with Gasteiger partial charge in [-0.1, -0.05) is 54.6 Å². The van der Waals surface area contributed by atoms with Crippen molar-refractivity contribution in [1.82, 2.24) is 9.80 Å². The zero-order valence-electron chi connectivity index (χ0n) is 19.0. The Balaban J connectivity index is 0.000000481. The number of carbonyl (C=O) groups excluding carboxylic acids is 1. The van der Waals surface area contributed by atoms with Crippen molar-refractivity contribution in [2.45, 2.75) is 13.5 Å². The van der Waals surface area contributed by atoms with E-state index in [1.165, 1.54) is 16.5 Å². The maximum absolute atomic E-state index is 12.5. The standard InChI is InChI=1S/C24H26N2O2.C2H2O4/c1-19-6-2-3-9-22(19)17-25-12-14-26(15-13-25)24(27)18-28-23-11-10-20-7-4-5-8-21(20)16-23;3-1(4)2(5)6/h2-11,16H,12-15,17-18H2,1H3;(H,3,4)(H,5,6). The molecule has 8 heteroatoms. The molecule has 0 aromatic heterocycles. The molecule has 1 fully saturated rings. The summed E-state index contributed by atoms with van der Waals surface area (Å²) in [5, 5.41) is 17.1. The number of rotatable bonds is 5. The predicted molar refractivity (Wildman–Crippen MR) is 128 cm³/mol. The number of hydrogen-bond donors (Lipinski definition) is 2. The van der Waals surface area contributed by atoms with Gasteiger partial charge in [-0.2, -0.15) is 0 Å². The number of carboxylic acids is 2. The Labute approximate surface area is 198 Å². The van der Waals surface area contributed by atoms with Crippen LogP contribution in [0.25, 0.3) is 10.8 Å². The lowest BCUT2D eigenvalue weighted by atomic mass is 10.1. The topological polar surface area (TPSA) is 107 Å². The summed E-state index contributed by atoms with van der Waals surface area (Å²) in [6.07, 6.45) is 0. The van der Waals surface area contributed by atoms with Crippen molar-refractivity contribution in [3.8, 4) is 5.75 Å². The molecule has 34 heavy (non-hydrogen) atoms. The van der Waals surface area contributed by atoms with E-state index >= 15 is 0 Å². The highest BCUT2D eigenvalue weighted by atomic mass is 16.5. The number of aryl methyl sites for hydroxylation is 1. The Morgan fingerprint density at radius 1 is 0.824 bits per heavy atom. The van der Waals surface area contributed by atoms with Crippen molar-refractivity contribution in [2.75, 3.05) is 32.8 Å². The highest BCUT2D eigenvalue weighted by molar-refractivity contribution is 6.27. The second-order valence-corrected chi connectivity index (χ2v) is 7.99. The van der Waals surface area contributed by atoms with Gasteiger partial charge in [0.2, 0.25) is 0 Å². The summed E-state index contributed by atoms with van der Waals surface area (Å²) >= 11 is 0. The number of amides is 1. The largest absolute Gasteiger partial charge is 0.484 e. The van der Waals surface area contributed by atoms with Crippen LogP contribution in [-0.2, 0) is 20.9 Å². The first-order valence-corrected chi connectivity index (χ1v) is 11.0. The van der Waals surface area contributed by atoms with E-state index < -0.39 is 11.9 Å². The second-order valence-electron chi connectivity index (χ2n) is 7.99. The quantitative estimate of drug-likeness (QED) is 0.559. The van der Waals surface area contributed by atoms with Crippen molar-refractivity contribution in [3.05, 3.63) is 77.9 Å². The van der Waals surface area contributed by atoms with Crippen molar-refractivity contribution in [2.24, 2.45) is 0 Å². The summed E-state index contributed by atoms with van der Waals surface area (Å²) in [5.74, 6) is -2.85. The van der Waals surface area contributed by atoms with Crippen LogP contribution in [0.15, 0.2) is 66.7 Å². The minimum absolute atomic E-state index is 0.0590. The van der Waals surface area contributed by atoms with E-state index in [2.05, 4.69) is 48.2 Å². The molecule has 8 nitrogen and oxygen atoms in total. The summed E-state index contributed by atoms with van der Waals surface area (Å²) in [6, 6.07) is 22.6. The van der Waals surface area contributed by atoms with E-state index in [0.717, 1.165) is 43.9 Å². The van der Waals surface area contributed by atoms with E-state index in [1.54, 1.807) is 0 Å². The molecule has 1 aliphatic heterocycles. The van der Waals surface area contributed by atoms with Crippen LogP contribution in [-0.4, -0.2) is 70.6 Å². The van der Waals surface area contributed by atoms with Gasteiger partial charge in [0.05, 0.1) is 0 Å². The average molecular weight is 465 g/mol. The SMILES string of the molecule is Cc1ccccc1CN1CCN(C(=O)COc2ccc3ccccc3c2)CC1.O=C(O)C(=O)O. The zero-order valence-corrected chi connectivity index (χ0v) is 19.0. The van der Waals surface area contributed by atoms with Gasteiger partial charge >= 0.3 is 11.9 Å². The molecule has 0 spiro atoms. The molecular formula is C26H28N2O6. The first kappa shape index (κ1) is 24.7. The summed E-state index contributed by atoms with van der Waals surface area (Å²) in [7, 11) is 0. The summed E-state index contributed by atoms with van der Waals surface area (Å²) in [5.41, 5.74) is 2.69. The lowest BCUT2D eigenvalue weighted by molar-refractivity contribution is -0.159. The second kappa shape index (κ2) is 11.8. The predicted octanol–water partition coefficient (Wildman–Crippen LogP) is 3.03. The molecule has 2 N–H and O–H groups in total. The summed E-state index contributed by atoms with van der Waals surface area (Å²) < 4.78 is 5.76. The number of piperazine rings is 1. The summed E-state index contributed by atoms with van der Waals surface area (Å²) in [4.78, 5) is 35.1. The van der Waals surface area contributed by atoms with E-state index in [-0.39, 0.29) is 12.5 Å². The van der Waals surface area contributed by atoms with Crippen LogP contribution in [0.3, 0.4) is 0 Å². The zero-order chi connectivity index (χ0) is 24.5. The Morgan fingerprint density at radius 2 is 1.44 bits per heavy atom. The number of nitrogens with zero attached hydrogens (tertiary/aromatic N) is 2. The van der Waals surface area contributed by atoms with Crippen LogP contribution in [0.5, 0.6) is 5.75 Å². The van der Waals surface area contributed by atoms with E-state index in [1.807, 2.05) is 35.2 Å². The number of aliphatic carboxylic acids is 2. The van der Waals surface area contributed by atoms with Crippen LogP contribution >= 0.6 is 0 Å². The van der Waals surface area contributed by atoms with Crippen molar-refractivity contribution < 1.29 is 29.3 Å². The molecule has 4 rings (SSSR count). The molecular weight excluding hydrogens is 436 g/mol. The fourth-order valence-corrected chi connectivity index (χ4v) is 3.68. The van der Waals surface area contributed by atoms with E-state index in [0.29, 0.717) is 0 Å². The number of carboxylic acid groups (broad SMARTS) is 2. The number of hydrogen-bond acceptors (Lipinski definition) is 5. The average Bonchev–Trinajstić information content (AvgIpc) is 2.84. The van der Waals surface area contributed by atoms with Crippen molar-refractivity contribution in [3.63, 3.8) is 0 Å². The maximum Gasteiger partial charge on any atom is 0.414 e. The minimum Gasteiger partial charge on any atom is -0.484 e. The van der Waals surface area contributed by atoms with Gasteiger partial charge in [0.1, 0.15) is 5.75 Å². The normalized spacial score (nSPS) is 13.6. The van der Waals surface area contributed by atoms with Crippen LogP contribution in [0.1, 0.15) is 11.1 Å². The fourth-order valence-electron chi connectivity index (χ4n) is 3.68. The number of carbonyl (C=O) groups is 3. The molecule has 1 heterocycles. The van der Waals surface area contributed by atoms with Crippen LogP contribution in [0, 0.1) is 6.92 Å². The molecule has 1 aliphatic rings. The molecule has 0 unspecified atom stereocenters. The van der Waals surface area contributed by atoms with Crippen molar-refractivity contribution >= 4 is 28.6 Å². The first-order chi connectivity index (χ1) is 16.3. The van der Waals surface area contributed by atoms with Gasteiger partial charge in [0.15, 0.2) is 6.61 Å². The van der Waals surface area contributed by atoms with Gasteiger partial charge in [-0.25, -0.2) is 9.59 Å². The molecule has 0 atom stereocenters. The van der Waals surface area contributed by atoms with E-state index in [4.69, 9.17) is 24.5 Å². The molecule has 0 radical (unpaired) electrons. The first-order valence-electron chi connectivity index (χ1n) is 11.0. The lowest BCUT2D eigenvalue weighted by Gasteiger charge is -2.35.